The van der Waals surface area contributed by atoms with Gasteiger partial charge in [-0.1, -0.05) is 35.9 Å². The summed E-state index contributed by atoms with van der Waals surface area (Å²) in [6.07, 6.45) is 3.48. The molecule has 0 spiro atoms. The maximum Gasteiger partial charge on any atom is 0.255 e. The Morgan fingerprint density at radius 3 is 2.67 bits per heavy atom. The third-order valence-corrected chi connectivity index (χ3v) is 6.55. The van der Waals surface area contributed by atoms with Gasteiger partial charge in [-0.2, -0.15) is 0 Å². The van der Waals surface area contributed by atoms with Gasteiger partial charge in [0, 0.05) is 24.5 Å². The van der Waals surface area contributed by atoms with Gasteiger partial charge in [-0.15, -0.1) is 0 Å². The summed E-state index contributed by atoms with van der Waals surface area (Å²) < 4.78 is 13.5. The SMILES string of the molecule is COc1ccccc1C(=O)NCCCc1nc2ccccc2n1CCCCOc1ccc(Cl)c(C)c1. The van der Waals surface area contributed by atoms with Gasteiger partial charge in [0.05, 0.1) is 30.3 Å². The van der Waals surface area contributed by atoms with Crippen LogP contribution in [-0.2, 0) is 13.0 Å². The van der Waals surface area contributed by atoms with Crippen molar-refractivity contribution in [3.63, 3.8) is 0 Å². The molecule has 0 aliphatic heterocycles. The second-order valence-electron chi connectivity index (χ2n) is 8.69. The standard InChI is InChI=1S/C29H32ClN3O3/c1-21-20-22(15-16-24(21)30)36-19-8-7-18-33-26-12-5-4-11-25(26)32-28(33)14-9-17-31-29(34)23-10-3-6-13-27(23)35-2/h3-6,10-13,15-16,20H,7-9,14,17-19H2,1-2H3,(H,31,34). The monoisotopic (exact) mass is 505 g/mol. The van der Waals surface area contributed by atoms with E-state index in [1.807, 2.05) is 55.5 Å². The number of imidazole rings is 1. The molecule has 0 aliphatic carbocycles. The van der Waals surface area contributed by atoms with Crippen molar-refractivity contribution in [3.05, 3.63) is 88.7 Å². The highest BCUT2D eigenvalue weighted by Crippen LogP contribution is 2.22. The lowest BCUT2D eigenvalue weighted by molar-refractivity contribution is 0.0950. The molecule has 0 atom stereocenters. The zero-order valence-corrected chi connectivity index (χ0v) is 21.6. The molecular weight excluding hydrogens is 474 g/mol. The normalized spacial score (nSPS) is 11.0. The first kappa shape index (κ1) is 25.6. The molecule has 0 saturated carbocycles. The van der Waals surface area contributed by atoms with Gasteiger partial charge in [0.2, 0.25) is 0 Å². The summed E-state index contributed by atoms with van der Waals surface area (Å²) in [5.74, 6) is 2.33. The smallest absolute Gasteiger partial charge is 0.255 e. The molecule has 0 fully saturated rings. The minimum atomic E-state index is -0.128. The van der Waals surface area contributed by atoms with Crippen molar-refractivity contribution in [2.45, 2.75) is 39.2 Å². The fourth-order valence-electron chi connectivity index (χ4n) is 4.21. The Bertz CT molecular complexity index is 1320. The highest BCUT2D eigenvalue weighted by molar-refractivity contribution is 6.31. The molecule has 36 heavy (non-hydrogen) atoms. The number of hydrogen-bond donors (Lipinski definition) is 1. The van der Waals surface area contributed by atoms with Crippen molar-refractivity contribution in [3.8, 4) is 11.5 Å². The number of halogens is 1. The van der Waals surface area contributed by atoms with Gasteiger partial charge in [0.15, 0.2) is 0 Å². The second-order valence-corrected chi connectivity index (χ2v) is 9.10. The number of fused-ring (bicyclic) bond motifs is 1. The minimum absolute atomic E-state index is 0.128. The highest BCUT2D eigenvalue weighted by atomic mass is 35.5. The van der Waals surface area contributed by atoms with Crippen LogP contribution < -0.4 is 14.8 Å². The van der Waals surface area contributed by atoms with Gasteiger partial charge in [0.25, 0.3) is 5.91 Å². The quantitative estimate of drug-likeness (QED) is 0.232. The molecule has 4 aromatic rings. The van der Waals surface area contributed by atoms with E-state index in [2.05, 4.69) is 16.0 Å². The molecule has 0 bridgehead atoms. The largest absolute Gasteiger partial charge is 0.496 e. The van der Waals surface area contributed by atoms with Crippen molar-refractivity contribution >= 4 is 28.5 Å². The molecule has 7 heteroatoms. The van der Waals surface area contributed by atoms with Gasteiger partial charge in [-0.05, 0) is 74.2 Å². The number of amides is 1. The number of rotatable bonds is 12. The number of aromatic nitrogens is 2. The average Bonchev–Trinajstić information content (AvgIpc) is 3.25. The van der Waals surface area contributed by atoms with Crippen molar-refractivity contribution in [2.24, 2.45) is 0 Å². The van der Waals surface area contributed by atoms with Gasteiger partial charge in [-0.25, -0.2) is 4.98 Å². The Morgan fingerprint density at radius 1 is 1.03 bits per heavy atom. The van der Waals surface area contributed by atoms with E-state index in [1.54, 1.807) is 19.2 Å². The summed E-state index contributed by atoms with van der Waals surface area (Å²) in [6.45, 7) is 4.06. The van der Waals surface area contributed by atoms with E-state index in [0.717, 1.165) is 65.4 Å². The Kier molecular flexibility index (Phi) is 8.85. The van der Waals surface area contributed by atoms with E-state index in [1.165, 1.54) is 0 Å². The lowest BCUT2D eigenvalue weighted by Gasteiger charge is -2.11. The molecule has 0 unspecified atom stereocenters. The van der Waals surface area contributed by atoms with Crippen LogP contribution in [-0.4, -0.2) is 35.7 Å². The summed E-state index contributed by atoms with van der Waals surface area (Å²) in [4.78, 5) is 17.4. The van der Waals surface area contributed by atoms with Crippen LogP contribution in [0.4, 0.5) is 0 Å². The number of nitrogens with one attached hydrogen (secondary N) is 1. The maximum absolute atomic E-state index is 12.6. The van der Waals surface area contributed by atoms with Gasteiger partial charge in [-0.3, -0.25) is 4.79 Å². The van der Waals surface area contributed by atoms with E-state index in [9.17, 15) is 4.79 Å². The number of carbonyl (C=O) groups excluding carboxylic acids is 1. The van der Waals surface area contributed by atoms with Gasteiger partial charge < -0.3 is 19.4 Å². The van der Waals surface area contributed by atoms with Crippen LogP contribution in [0.1, 0.15) is 41.0 Å². The maximum atomic E-state index is 12.6. The summed E-state index contributed by atoms with van der Waals surface area (Å²) in [5.41, 5.74) is 3.70. The fourth-order valence-corrected chi connectivity index (χ4v) is 4.33. The van der Waals surface area contributed by atoms with E-state index in [4.69, 9.17) is 26.1 Å². The number of nitrogens with zero attached hydrogens (tertiary/aromatic N) is 2. The van der Waals surface area contributed by atoms with E-state index in [0.29, 0.717) is 24.5 Å². The van der Waals surface area contributed by atoms with Gasteiger partial charge in [0.1, 0.15) is 17.3 Å². The Labute approximate surface area is 217 Å². The predicted molar refractivity (Wildman–Crippen MR) is 144 cm³/mol. The molecular formula is C29H32ClN3O3. The summed E-state index contributed by atoms with van der Waals surface area (Å²) >= 11 is 6.10. The van der Waals surface area contributed by atoms with Crippen LogP contribution in [0, 0.1) is 6.92 Å². The molecule has 1 aromatic heterocycles. The minimum Gasteiger partial charge on any atom is -0.496 e. The lowest BCUT2D eigenvalue weighted by Crippen LogP contribution is -2.25. The topological polar surface area (TPSA) is 65.4 Å². The van der Waals surface area contributed by atoms with Crippen molar-refractivity contribution in [1.29, 1.82) is 0 Å². The summed E-state index contributed by atoms with van der Waals surface area (Å²) in [7, 11) is 1.57. The number of methoxy groups -OCH3 is 1. The molecule has 4 rings (SSSR count). The van der Waals surface area contributed by atoms with Crippen LogP contribution >= 0.6 is 11.6 Å². The Balaban J connectivity index is 1.30. The lowest BCUT2D eigenvalue weighted by atomic mass is 10.2. The molecule has 1 heterocycles. The third-order valence-electron chi connectivity index (χ3n) is 6.12. The summed E-state index contributed by atoms with van der Waals surface area (Å²) in [6, 6.07) is 21.2. The molecule has 1 amide bonds. The number of hydrogen-bond acceptors (Lipinski definition) is 4. The number of benzene rings is 3. The number of ether oxygens (including phenoxy) is 2. The zero-order valence-electron chi connectivity index (χ0n) is 20.8. The number of carbonyl (C=O) groups is 1. The Morgan fingerprint density at radius 2 is 1.83 bits per heavy atom. The zero-order chi connectivity index (χ0) is 25.3. The molecule has 0 radical (unpaired) electrons. The molecule has 1 N–H and O–H groups in total. The van der Waals surface area contributed by atoms with Crippen molar-refractivity contribution in [1.82, 2.24) is 14.9 Å². The predicted octanol–water partition coefficient (Wildman–Crippen LogP) is 6.23. The van der Waals surface area contributed by atoms with E-state index in [-0.39, 0.29) is 5.91 Å². The summed E-state index contributed by atoms with van der Waals surface area (Å²) in [5, 5.41) is 3.75. The molecule has 0 aliphatic rings. The second kappa shape index (κ2) is 12.5. The first-order valence-electron chi connectivity index (χ1n) is 12.3. The fraction of sp³-hybridized carbons (Fsp3) is 0.310. The van der Waals surface area contributed by atoms with Gasteiger partial charge >= 0.3 is 0 Å². The number of unbranched alkanes of at least 4 members (excludes halogenated alkanes) is 1. The van der Waals surface area contributed by atoms with Crippen LogP contribution in [0.3, 0.4) is 0 Å². The molecule has 6 nitrogen and oxygen atoms in total. The third kappa shape index (κ3) is 6.38. The van der Waals surface area contributed by atoms with Crippen LogP contribution in [0.25, 0.3) is 11.0 Å². The van der Waals surface area contributed by atoms with Crippen LogP contribution in [0.5, 0.6) is 11.5 Å². The van der Waals surface area contributed by atoms with E-state index >= 15 is 0 Å². The molecule has 3 aromatic carbocycles. The molecule has 188 valence electrons. The highest BCUT2D eigenvalue weighted by Gasteiger charge is 2.13. The first-order chi connectivity index (χ1) is 17.6. The van der Waals surface area contributed by atoms with Crippen molar-refractivity contribution in [2.75, 3.05) is 20.3 Å². The van der Waals surface area contributed by atoms with E-state index < -0.39 is 0 Å². The first-order valence-corrected chi connectivity index (χ1v) is 12.7. The van der Waals surface area contributed by atoms with Crippen molar-refractivity contribution < 1.29 is 14.3 Å². The molecule has 0 saturated heterocycles. The number of para-hydroxylation sites is 3. The number of aryl methyl sites for hydroxylation is 3. The average molecular weight is 506 g/mol. The Hall–Kier alpha value is -3.51. The van der Waals surface area contributed by atoms with Crippen LogP contribution in [0.2, 0.25) is 5.02 Å². The van der Waals surface area contributed by atoms with Crippen LogP contribution in [0.15, 0.2) is 66.7 Å².